The molecule has 0 saturated carbocycles. The zero-order valence-electron chi connectivity index (χ0n) is 48.9. The quantitative estimate of drug-likeness (QED) is 0.0892. The van der Waals surface area contributed by atoms with Crippen molar-refractivity contribution in [2.45, 2.75) is 105 Å². The predicted octanol–water partition coefficient (Wildman–Crippen LogP) is 20.6. The van der Waals surface area contributed by atoms with Crippen LogP contribution in [0, 0.1) is 0 Å². The number of hydrogen-bond acceptors (Lipinski definition) is 2. The van der Waals surface area contributed by atoms with Crippen LogP contribution in [0.1, 0.15) is 103 Å². The first-order valence-corrected chi connectivity index (χ1v) is 30.1. The molecule has 12 aromatic rings. The van der Waals surface area contributed by atoms with E-state index in [1.165, 1.54) is 121 Å². The van der Waals surface area contributed by atoms with Crippen molar-refractivity contribution in [3.63, 3.8) is 0 Å². The molecule has 0 bridgehead atoms. The van der Waals surface area contributed by atoms with E-state index < -0.39 is 0 Å². The minimum atomic E-state index is -0.152. The molecule has 82 heavy (non-hydrogen) atoms. The van der Waals surface area contributed by atoms with Crippen molar-refractivity contribution < 1.29 is 0 Å². The highest BCUT2D eigenvalue weighted by molar-refractivity contribution is 6.90. The van der Waals surface area contributed by atoms with Crippen LogP contribution < -0.4 is 20.7 Å². The van der Waals surface area contributed by atoms with Gasteiger partial charge in [-0.15, -0.1) is 0 Å². The normalized spacial score (nSPS) is 12.9. The first-order chi connectivity index (χ1) is 39.9. The van der Waals surface area contributed by atoms with E-state index in [1.54, 1.807) is 0 Å². The largest absolute Gasteiger partial charge is 0.375 e. The lowest BCUT2D eigenvalue weighted by Crippen LogP contribution is -2.56. The van der Waals surface area contributed by atoms with Crippen molar-refractivity contribution in [1.82, 2.24) is 4.48 Å². The fourth-order valence-electron chi connectivity index (χ4n) is 13.8. The molecular weight excluding hydrogens is 990 g/mol. The SMILES string of the molecule is CCCCc1c2ccccc2c(CCCC)c2cc3c(cc12)B1c2c(cc(N(c4ccccc4)c4ccccc4)cc2N3c2cc(-c3ccccc3)cc(-c3ccccc3)c2)-c2cc(C(C)(C)C)cc3c4cc(C(C)(C)C)ccc4n1c23. The molecule has 0 atom stereocenters. The van der Waals surface area contributed by atoms with Crippen LogP contribution in [0.5, 0.6) is 0 Å². The summed E-state index contributed by atoms with van der Waals surface area (Å²) in [5.41, 5.74) is 25.0. The number of aromatic nitrogens is 1. The van der Waals surface area contributed by atoms with Gasteiger partial charge in [0.05, 0.1) is 0 Å². The molecule has 0 spiro atoms. The molecule has 4 heteroatoms. The first kappa shape index (κ1) is 51.5. The molecule has 11 aromatic carbocycles. The minimum Gasteiger partial charge on any atom is -0.375 e. The number of fused-ring (bicyclic) bond motifs is 9. The van der Waals surface area contributed by atoms with Crippen LogP contribution in [-0.4, -0.2) is 11.3 Å². The Morgan fingerprint density at radius 1 is 0.402 bits per heavy atom. The topological polar surface area (TPSA) is 11.4 Å². The highest BCUT2D eigenvalue weighted by Crippen LogP contribution is 2.52. The van der Waals surface area contributed by atoms with Gasteiger partial charge in [0.2, 0.25) is 0 Å². The summed E-state index contributed by atoms with van der Waals surface area (Å²) in [5.74, 6) is 0. The Bertz CT molecular complexity index is 4330. The lowest BCUT2D eigenvalue weighted by Gasteiger charge is -2.42. The molecule has 3 heterocycles. The maximum atomic E-state index is 2.79. The number of hydrogen-bond donors (Lipinski definition) is 0. The zero-order valence-corrected chi connectivity index (χ0v) is 48.9. The number of aryl methyl sites for hydroxylation is 2. The zero-order chi connectivity index (χ0) is 56.0. The molecule has 3 nitrogen and oxygen atoms in total. The van der Waals surface area contributed by atoms with Crippen molar-refractivity contribution in [1.29, 1.82) is 0 Å². The summed E-state index contributed by atoms with van der Waals surface area (Å²) in [6.07, 6.45) is 6.56. The van der Waals surface area contributed by atoms with Crippen molar-refractivity contribution in [2.24, 2.45) is 0 Å². The van der Waals surface area contributed by atoms with Gasteiger partial charge in [0.1, 0.15) is 0 Å². The monoisotopic (exact) mass is 1060 g/mol. The number of benzene rings is 11. The molecule has 14 rings (SSSR count). The second-order valence-corrected chi connectivity index (χ2v) is 25.4. The van der Waals surface area contributed by atoms with E-state index >= 15 is 0 Å². The van der Waals surface area contributed by atoms with Crippen molar-refractivity contribution in [3.05, 3.63) is 241 Å². The molecule has 2 aliphatic rings. The molecule has 0 aliphatic carbocycles. The lowest BCUT2D eigenvalue weighted by atomic mass is 9.44. The van der Waals surface area contributed by atoms with Crippen LogP contribution in [0.4, 0.5) is 34.1 Å². The van der Waals surface area contributed by atoms with Gasteiger partial charge in [-0.1, -0.05) is 202 Å². The Morgan fingerprint density at radius 2 is 0.927 bits per heavy atom. The predicted molar refractivity (Wildman–Crippen MR) is 355 cm³/mol. The lowest BCUT2D eigenvalue weighted by molar-refractivity contribution is 0.590. The van der Waals surface area contributed by atoms with Gasteiger partial charge in [-0.25, -0.2) is 0 Å². The van der Waals surface area contributed by atoms with Crippen LogP contribution in [0.2, 0.25) is 0 Å². The van der Waals surface area contributed by atoms with Gasteiger partial charge in [0.15, 0.2) is 0 Å². The van der Waals surface area contributed by atoms with Gasteiger partial charge in [-0.05, 0) is 204 Å². The van der Waals surface area contributed by atoms with E-state index in [2.05, 4.69) is 288 Å². The number of unbranched alkanes of at least 4 members (excludes halogenated alkanes) is 2. The fourth-order valence-corrected chi connectivity index (χ4v) is 13.8. The first-order valence-electron chi connectivity index (χ1n) is 30.1. The van der Waals surface area contributed by atoms with Crippen molar-refractivity contribution in [2.75, 3.05) is 9.80 Å². The van der Waals surface area contributed by atoms with Gasteiger partial charge < -0.3 is 14.3 Å². The van der Waals surface area contributed by atoms with Gasteiger partial charge in [0, 0.05) is 61.5 Å². The maximum absolute atomic E-state index is 2.79. The number of rotatable bonds is 12. The van der Waals surface area contributed by atoms with E-state index in [-0.39, 0.29) is 17.7 Å². The number of nitrogens with zero attached hydrogens (tertiary/aromatic N) is 3. The Morgan fingerprint density at radius 3 is 1.48 bits per heavy atom. The van der Waals surface area contributed by atoms with Gasteiger partial charge >= 0.3 is 6.85 Å². The molecule has 2 aliphatic heterocycles. The third-order valence-electron chi connectivity index (χ3n) is 18.0. The van der Waals surface area contributed by atoms with E-state index in [0.29, 0.717) is 0 Å². The molecule has 0 unspecified atom stereocenters. The number of anilines is 6. The van der Waals surface area contributed by atoms with Crippen molar-refractivity contribution in [3.8, 4) is 33.4 Å². The van der Waals surface area contributed by atoms with Gasteiger partial charge in [-0.2, -0.15) is 0 Å². The Balaban J connectivity index is 1.20. The smallest absolute Gasteiger partial charge is 0.333 e. The molecule has 0 saturated heterocycles. The fraction of sp³-hybridized carbons (Fsp3) is 0.205. The molecule has 0 radical (unpaired) electrons. The van der Waals surface area contributed by atoms with Crippen LogP contribution >= 0.6 is 0 Å². The summed E-state index contributed by atoms with van der Waals surface area (Å²) < 4.78 is 2.79. The highest BCUT2D eigenvalue weighted by Gasteiger charge is 2.45. The van der Waals surface area contributed by atoms with E-state index in [1.807, 2.05) is 0 Å². The molecule has 0 N–H and O–H groups in total. The summed E-state index contributed by atoms with van der Waals surface area (Å²) in [7, 11) is 0. The Kier molecular flexibility index (Phi) is 12.7. The van der Waals surface area contributed by atoms with Gasteiger partial charge in [0.25, 0.3) is 0 Å². The number of para-hydroxylation sites is 2. The molecular formula is C78H72BN3. The third kappa shape index (κ3) is 8.55. The summed E-state index contributed by atoms with van der Waals surface area (Å²) in [6.45, 7) is 18.7. The molecule has 1 aromatic heterocycles. The summed E-state index contributed by atoms with van der Waals surface area (Å²) in [6, 6.07) is 83.7. The average molecular weight is 1060 g/mol. The second-order valence-electron chi connectivity index (χ2n) is 25.4. The summed E-state index contributed by atoms with van der Waals surface area (Å²) in [5, 5.41) is 8.23. The van der Waals surface area contributed by atoms with Crippen LogP contribution in [0.25, 0.3) is 76.7 Å². The van der Waals surface area contributed by atoms with Crippen molar-refractivity contribution >= 4 is 95.2 Å². The highest BCUT2D eigenvalue weighted by atomic mass is 15.2. The minimum absolute atomic E-state index is 0.0342. The summed E-state index contributed by atoms with van der Waals surface area (Å²) in [4.78, 5) is 5.18. The van der Waals surface area contributed by atoms with Crippen LogP contribution in [0.15, 0.2) is 218 Å². The van der Waals surface area contributed by atoms with Gasteiger partial charge in [-0.3, -0.25) is 0 Å². The van der Waals surface area contributed by atoms with Crippen LogP contribution in [-0.2, 0) is 23.7 Å². The standard InChI is InChI=1S/C78H72BN3/c1-9-11-35-63-61-37-25-26-38-62(61)64(36-12-10-2)66-50-73-71(49-65(63)66)79-75-68(70-46-56(78(6,7)8)45-69-67-44-55(77(3,4)5)39-40-72(67)82(79)76(69)70)47-60(80(57-31-21-15-22-32-57)58-33-23-16-24-34-58)48-74(75)81(73)59-42-53(51-27-17-13-18-28-51)41-54(43-59)52-29-19-14-20-30-52/h13-34,37-50H,9-12,35-36H2,1-8H3. The van der Waals surface area contributed by atoms with E-state index in [4.69, 9.17) is 0 Å². The molecule has 402 valence electrons. The van der Waals surface area contributed by atoms with E-state index in [9.17, 15) is 0 Å². The third-order valence-corrected chi connectivity index (χ3v) is 18.0. The van der Waals surface area contributed by atoms with Crippen LogP contribution in [0.3, 0.4) is 0 Å². The Hall–Kier alpha value is -8.60. The second kappa shape index (κ2) is 20.1. The molecule has 0 fully saturated rings. The maximum Gasteiger partial charge on any atom is 0.333 e. The van der Waals surface area contributed by atoms with E-state index in [0.717, 1.165) is 61.3 Å². The Labute approximate surface area is 485 Å². The average Bonchev–Trinajstić information content (AvgIpc) is 1.39. The summed E-state index contributed by atoms with van der Waals surface area (Å²) >= 11 is 0. The molecule has 0 amide bonds.